The van der Waals surface area contributed by atoms with Gasteiger partial charge >= 0.3 is 120 Å². The SMILES string of the molecule is CCO.O=[N+]([O-])[O-].O=[N+]([O-])[O-].O=[N+]([O-])[O-].O=[N+]([O-])[O-].[Gd+3].[Gd+3].[Gd+3].[O-]CCN(CCO)CCN(CC[O-])CCO.[O-]CCN(CC[O-])CCN(CC[O-])CCO. The van der Waals surface area contributed by atoms with Gasteiger partial charge in [0, 0.05) is 52.4 Å². The Labute approximate surface area is 407 Å². The molecule has 32 heteroatoms. The molecule has 0 bridgehead atoms. The Bertz CT molecular complexity index is 589. The first kappa shape index (κ1) is 78.6. The predicted molar refractivity (Wildman–Crippen MR) is 166 cm³/mol. The van der Waals surface area contributed by atoms with E-state index in [4.69, 9.17) is 81.7 Å². The summed E-state index contributed by atoms with van der Waals surface area (Å²) in [6.07, 6.45) is 0. The molecule has 0 amide bonds. The van der Waals surface area contributed by atoms with Crippen LogP contribution in [-0.2, 0) is 0 Å². The van der Waals surface area contributed by atoms with E-state index < -0.39 is 20.3 Å². The van der Waals surface area contributed by atoms with Gasteiger partial charge in [-0.15, -0.1) is 33.0 Å². The van der Waals surface area contributed by atoms with Gasteiger partial charge in [-0.05, 0) is 39.6 Å². The second-order valence-electron chi connectivity index (χ2n) is 8.27. The minimum absolute atomic E-state index is 0. The molecule has 0 aliphatic heterocycles. The van der Waals surface area contributed by atoms with E-state index in [1.54, 1.807) is 11.8 Å². The molecule has 3 radical (unpaired) electrons. The molecular weight excluding hydrogens is 1180 g/mol. The third kappa shape index (κ3) is 117. The van der Waals surface area contributed by atoms with Crippen molar-refractivity contribution in [1.82, 2.24) is 19.6 Å². The van der Waals surface area contributed by atoms with E-state index in [1.165, 1.54) is 0 Å². The van der Waals surface area contributed by atoms with Gasteiger partial charge in [-0.25, -0.2) is 0 Å². The largest absolute Gasteiger partial charge is 3.00 e. The standard InChI is InChI=1S/C10H22N2O4.C10H21N2O4.C2H6O.3Gd.4NO3/c2*13-7-3-11(4-8-14)1-2-12(5-9-15)6-10-16;1-2-3;;;;4*2-1(3)4/h13,15H,1-10H2;13H,1-10H2;3H,2H2,1H3;;;;;;;/q-2;-3;;3*+3;4*-1. The summed E-state index contributed by atoms with van der Waals surface area (Å²) >= 11 is 0. The molecule has 54 heavy (non-hydrogen) atoms. The molecule has 0 unspecified atom stereocenters. The molecule has 4 N–H and O–H groups in total. The summed E-state index contributed by atoms with van der Waals surface area (Å²) in [5, 5.41) is 145. The average molecular weight is 1230 g/mol. The molecule has 0 aromatic carbocycles. The molecule has 0 aromatic rings. The van der Waals surface area contributed by atoms with E-state index in [-0.39, 0.29) is 179 Å². The first-order valence-electron chi connectivity index (χ1n) is 14.4. The Balaban J connectivity index is -0.0000000588. The average Bonchev–Trinajstić information content (AvgIpc) is 2.99. The van der Waals surface area contributed by atoms with E-state index in [0.29, 0.717) is 78.5 Å². The predicted octanol–water partition coefficient (Wildman–Crippen LogP) is -9.00. The van der Waals surface area contributed by atoms with E-state index in [1.807, 2.05) is 14.7 Å². The van der Waals surface area contributed by atoms with Gasteiger partial charge in [0.25, 0.3) is 0 Å². The van der Waals surface area contributed by atoms with Crippen LogP contribution in [0.2, 0.25) is 0 Å². The Kier molecular flexibility index (Phi) is 103. The van der Waals surface area contributed by atoms with Gasteiger partial charge in [0.15, 0.2) is 0 Å². The van der Waals surface area contributed by atoms with Crippen molar-refractivity contribution in [3.05, 3.63) is 61.3 Å². The number of rotatable bonds is 22. The molecule has 0 spiro atoms. The number of aliphatic hydroxyl groups is 4. The molecule has 0 aliphatic carbocycles. The molecule has 0 atom stereocenters. The Morgan fingerprint density at radius 1 is 0.352 bits per heavy atom. The topological polar surface area (TPSA) is 474 Å². The molecule has 327 valence electrons. The maximum atomic E-state index is 10.5. The molecule has 0 saturated carbocycles. The second-order valence-corrected chi connectivity index (χ2v) is 8.27. The van der Waals surface area contributed by atoms with Crippen molar-refractivity contribution in [2.75, 3.05) is 138 Å². The summed E-state index contributed by atoms with van der Waals surface area (Å²) in [6.45, 7) is 6.84. The van der Waals surface area contributed by atoms with Crippen LogP contribution < -0.4 is 25.5 Å². The van der Waals surface area contributed by atoms with Crippen LogP contribution in [-0.4, -0.2) is 198 Å². The smallest absolute Gasteiger partial charge is 0.854 e. The van der Waals surface area contributed by atoms with Crippen LogP contribution in [0.3, 0.4) is 0 Å². The zero-order valence-electron chi connectivity index (χ0n) is 29.2. The Hall–Kier alpha value is 0.254. The summed E-state index contributed by atoms with van der Waals surface area (Å²) in [7, 11) is 0. The quantitative estimate of drug-likeness (QED) is 0.0578. The fourth-order valence-electron chi connectivity index (χ4n) is 2.98. The van der Waals surface area contributed by atoms with Crippen LogP contribution in [0, 0.1) is 181 Å². The summed E-state index contributed by atoms with van der Waals surface area (Å²) in [6, 6.07) is 0. The summed E-state index contributed by atoms with van der Waals surface area (Å²) in [5.74, 6) is 0. The molecule has 0 aliphatic rings. The maximum absolute atomic E-state index is 10.5. The van der Waals surface area contributed by atoms with E-state index in [0.717, 1.165) is 0 Å². The third-order valence-electron chi connectivity index (χ3n) is 4.75. The van der Waals surface area contributed by atoms with Crippen LogP contribution in [0.25, 0.3) is 0 Å². The number of nitrogens with zero attached hydrogens (tertiary/aromatic N) is 8. The minimum atomic E-state index is -1.75. The van der Waals surface area contributed by atoms with Crippen LogP contribution in [0.15, 0.2) is 0 Å². The Morgan fingerprint density at radius 2 is 0.463 bits per heavy atom. The number of hydrogen-bond donors (Lipinski definition) is 4. The third-order valence-corrected chi connectivity index (χ3v) is 4.75. The summed E-state index contributed by atoms with van der Waals surface area (Å²) < 4.78 is 0. The van der Waals surface area contributed by atoms with Gasteiger partial charge in [0.1, 0.15) is 0 Å². The van der Waals surface area contributed by atoms with Crippen molar-refractivity contribution in [3.63, 3.8) is 0 Å². The van der Waals surface area contributed by atoms with Crippen molar-refractivity contribution in [2.24, 2.45) is 0 Å². The first-order chi connectivity index (χ1) is 23.9. The van der Waals surface area contributed by atoms with E-state index in [2.05, 4.69) is 0 Å². The normalized spacial score (nSPS) is 9.00. The van der Waals surface area contributed by atoms with Crippen LogP contribution in [0.5, 0.6) is 0 Å². The molecule has 29 nitrogen and oxygen atoms in total. The maximum Gasteiger partial charge on any atom is 3.00 e. The molecule has 0 heterocycles. The minimum Gasteiger partial charge on any atom is -0.854 e. The summed E-state index contributed by atoms with van der Waals surface area (Å²) in [4.78, 5) is 40.4. The number of aliphatic hydroxyl groups excluding tert-OH is 4. The first-order valence-corrected chi connectivity index (χ1v) is 14.4. The van der Waals surface area contributed by atoms with Crippen molar-refractivity contribution >= 4 is 0 Å². The van der Waals surface area contributed by atoms with Gasteiger partial charge in [-0.3, -0.25) is 0 Å². The number of hydrogen-bond acceptors (Lipinski definition) is 25. The van der Waals surface area contributed by atoms with Crippen molar-refractivity contribution in [2.45, 2.75) is 6.92 Å². The van der Waals surface area contributed by atoms with Gasteiger partial charge in [-0.1, -0.05) is 0 Å². The van der Waals surface area contributed by atoms with Crippen LogP contribution in [0.1, 0.15) is 6.92 Å². The van der Waals surface area contributed by atoms with Gasteiger partial charge in [0.2, 0.25) is 0 Å². The van der Waals surface area contributed by atoms with Gasteiger partial charge in [-0.2, -0.15) is 0 Å². The van der Waals surface area contributed by atoms with Crippen molar-refractivity contribution in [1.29, 1.82) is 0 Å². The van der Waals surface area contributed by atoms with Crippen LogP contribution >= 0.6 is 0 Å². The van der Waals surface area contributed by atoms with Crippen molar-refractivity contribution < 1.29 is 186 Å². The zero-order chi connectivity index (χ0) is 41.5. The van der Waals surface area contributed by atoms with Crippen molar-refractivity contribution in [3.8, 4) is 0 Å². The molecule has 0 rings (SSSR count). The molecular formula is C22H49Gd3N8O21. The van der Waals surface area contributed by atoms with Gasteiger partial charge in [0.05, 0.1) is 40.2 Å². The van der Waals surface area contributed by atoms with Crippen LogP contribution in [0.4, 0.5) is 0 Å². The van der Waals surface area contributed by atoms with E-state index >= 15 is 0 Å². The monoisotopic (exact) mass is 1240 g/mol. The molecule has 0 aromatic heterocycles. The molecule has 0 saturated heterocycles. The second kappa shape index (κ2) is 71.0. The fourth-order valence-corrected chi connectivity index (χ4v) is 2.98. The molecule has 0 fully saturated rings. The zero-order valence-corrected chi connectivity index (χ0v) is 36.0. The fraction of sp³-hybridized carbons (Fsp3) is 1.00. The van der Waals surface area contributed by atoms with Gasteiger partial charge < -0.3 is 127 Å². The summed E-state index contributed by atoms with van der Waals surface area (Å²) in [5.41, 5.74) is 0. The van der Waals surface area contributed by atoms with E-state index in [9.17, 15) is 25.5 Å². The Morgan fingerprint density at radius 3 is 0.556 bits per heavy atom.